The van der Waals surface area contributed by atoms with Gasteiger partial charge in [0.1, 0.15) is 11.4 Å². The molecule has 1 heterocycles. The molecular formula is C16H23FN2O2. The molecule has 1 aromatic carbocycles. The summed E-state index contributed by atoms with van der Waals surface area (Å²) in [5.41, 5.74) is 6.71. The average molecular weight is 294 g/mol. The third-order valence-electron chi connectivity index (χ3n) is 3.61. The fourth-order valence-corrected chi connectivity index (χ4v) is 2.60. The number of nitrogens with zero attached hydrogens (tertiary/aromatic N) is 1. The maximum atomic E-state index is 13.0. The summed E-state index contributed by atoms with van der Waals surface area (Å²) in [5, 5.41) is 0. The normalized spacial score (nSPS) is 23.0. The zero-order valence-corrected chi connectivity index (χ0v) is 12.8. The lowest BCUT2D eigenvalue weighted by Gasteiger charge is -2.37. The van der Waals surface area contributed by atoms with E-state index in [0.717, 1.165) is 12.0 Å². The molecule has 0 aliphatic carbocycles. The molecule has 0 bridgehead atoms. The fraction of sp³-hybridized carbons (Fsp3) is 0.562. The maximum Gasteiger partial charge on any atom is 0.410 e. The van der Waals surface area contributed by atoms with Crippen LogP contribution < -0.4 is 5.73 Å². The minimum Gasteiger partial charge on any atom is -0.444 e. The molecule has 0 aromatic heterocycles. The highest BCUT2D eigenvalue weighted by Crippen LogP contribution is 2.28. The van der Waals surface area contributed by atoms with Crippen LogP contribution in [0.1, 0.15) is 38.7 Å². The molecule has 2 atom stereocenters. The highest BCUT2D eigenvalue weighted by molar-refractivity contribution is 5.68. The number of likely N-dealkylation sites (tertiary alicyclic amines) is 1. The molecule has 1 aromatic rings. The molecule has 1 saturated heterocycles. The monoisotopic (exact) mass is 294 g/mol. The number of halogens is 1. The summed E-state index contributed by atoms with van der Waals surface area (Å²) < 4.78 is 18.3. The van der Waals surface area contributed by atoms with Gasteiger partial charge in [-0.05, 0) is 44.9 Å². The van der Waals surface area contributed by atoms with Crippen molar-refractivity contribution in [2.24, 2.45) is 5.73 Å². The van der Waals surface area contributed by atoms with Gasteiger partial charge in [-0.1, -0.05) is 12.1 Å². The second-order valence-corrected chi connectivity index (χ2v) is 6.54. The molecule has 0 spiro atoms. The first kappa shape index (κ1) is 15.8. The van der Waals surface area contributed by atoms with Crippen LogP contribution in [0.3, 0.4) is 0 Å². The summed E-state index contributed by atoms with van der Waals surface area (Å²) in [7, 11) is 0. The van der Waals surface area contributed by atoms with E-state index in [1.165, 1.54) is 12.1 Å². The first-order valence-electron chi connectivity index (χ1n) is 7.25. The molecule has 1 fully saturated rings. The van der Waals surface area contributed by atoms with Gasteiger partial charge in [0.05, 0.1) is 0 Å². The van der Waals surface area contributed by atoms with Crippen molar-refractivity contribution in [1.29, 1.82) is 0 Å². The van der Waals surface area contributed by atoms with Gasteiger partial charge in [0.25, 0.3) is 0 Å². The number of rotatable bonds is 1. The number of benzene rings is 1. The number of hydrogen-bond donors (Lipinski definition) is 1. The van der Waals surface area contributed by atoms with E-state index in [0.29, 0.717) is 13.1 Å². The van der Waals surface area contributed by atoms with Crippen LogP contribution in [0.4, 0.5) is 9.18 Å². The number of nitrogens with two attached hydrogens (primary N) is 1. The Kier molecular flexibility index (Phi) is 4.52. The molecule has 2 N–H and O–H groups in total. The van der Waals surface area contributed by atoms with Gasteiger partial charge >= 0.3 is 6.09 Å². The Balaban J connectivity index is 1.99. The van der Waals surface area contributed by atoms with E-state index in [4.69, 9.17) is 10.5 Å². The van der Waals surface area contributed by atoms with Gasteiger partial charge in [0.15, 0.2) is 0 Å². The third kappa shape index (κ3) is 4.17. The van der Waals surface area contributed by atoms with Crippen molar-refractivity contribution in [2.45, 2.75) is 44.8 Å². The quantitative estimate of drug-likeness (QED) is 0.866. The van der Waals surface area contributed by atoms with Crippen LogP contribution in [-0.2, 0) is 4.74 Å². The van der Waals surface area contributed by atoms with E-state index in [-0.39, 0.29) is 23.9 Å². The number of piperidine rings is 1. The zero-order valence-electron chi connectivity index (χ0n) is 12.8. The summed E-state index contributed by atoms with van der Waals surface area (Å²) in [6.07, 6.45) is 0.432. The molecule has 0 saturated carbocycles. The van der Waals surface area contributed by atoms with Crippen molar-refractivity contribution < 1.29 is 13.9 Å². The minimum atomic E-state index is -0.505. The molecule has 2 rings (SSSR count). The number of ether oxygens (including phenoxy) is 1. The van der Waals surface area contributed by atoms with Crippen LogP contribution in [-0.4, -0.2) is 35.7 Å². The van der Waals surface area contributed by atoms with Gasteiger partial charge in [-0.3, -0.25) is 0 Å². The number of carbonyl (C=O) groups is 1. The van der Waals surface area contributed by atoms with Crippen molar-refractivity contribution >= 4 is 6.09 Å². The predicted molar refractivity (Wildman–Crippen MR) is 79.5 cm³/mol. The van der Waals surface area contributed by atoms with Gasteiger partial charge in [0.2, 0.25) is 0 Å². The van der Waals surface area contributed by atoms with Crippen LogP contribution in [0, 0.1) is 5.82 Å². The summed E-state index contributed by atoms with van der Waals surface area (Å²) >= 11 is 0. The number of carbonyl (C=O) groups excluding carboxylic acids is 1. The Morgan fingerprint density at radius 1 is 1.33 bits per heavy atom. The zero-order chi connectivity index (χ0) is 15.6. The standard InChI is InChI=1S/C16H23FN2O2/c1-16(2,3)21-15(20)19-9-8-13(14(18)10-19)11-4-6-12(17)7-5-11/h4-7,13-14H,8-10,18H2,1-3H3/t13-,14+/m0/s1. The van der Waals surface area contributed by atoms with E-state index in [2.05, 4.69) is 0 Å². The highest BCUT2D eigenvalue weighted by atomic mass is 19.1. The van der Waals surface area contributed by atoms with Gasteiger partial charge in [-0.2, -0.15) is 0 Å². The average Bonchev–Trinajstić information content (AvgIpc) is 2.38. The number of amides is 1. The molecule has 1 aliphatic rings. The van der Waals surface area contributed by atoms with E-state index < -0.39 is 5.60 Å². The first-order valence-corrected chi connectivity index (χ1v) is 7.25. The van der Waals surface area contributed by atoms with Crippen LogP contribution in [0.2, 0.25) is 0 Å². The lowest BCUT2D eigenvalue weighted by molar-refractivity contribution is 0.0186. The van der Waals surface area contributed by atoms with Gasteiger partial charge in [0, 0.05) is 25.0 Å². The van der Waals surface area contributed by atoms with E-state index >= 15 is 0 Å². The Labute approximate surface area is 125 Å². The highest BCUT2D eigenvalue weighted by Gasteiger charge is 2.32. The molecule has 1 aliphatic heterocycles. The van der Waals surface area contributed by atoms with Crippen LogP contribution in [0.25, 0.3) is 0 Å². The Morgan fingerprint density at radius 2 is 1.95 bits per heavy atom. The van der Waals surface area contributed by atoms with Crippen LogP contribution >= 0.6 is 0 Å². The second kappa shape index (κ2) is 6.02. The Hall–Kier alpha value is -1.62. The Bertz CT molecular complexity index is 496. The molecule has 21 heavy (non-hydrogen) atoms. The van der Waals surface area contributed by atoms with E-state index in [9.17, 15) is 9.18 Å². The smallest absolute Gasteiger partial charge is 0.410 e. The molecule has 116 valence electrons. The molecular weight excluding hydrogens is 271 g/mol. The summed E-state index contributed by atoms with van der Waals surface area (Å²) in [4.78, 5) is 13.7. The number of hydrogen-bond acceptors (Lipinski definition) is 3. The molecule has 5 heteroatoms. The third-order valence-corrected chi connectivity index (χ3v) is 3.61. The summed E-state index contributed by atoms with van der Waals surface area (Å²) in [6.45, 7) is 6.59. The van der Waals surface area contributed by atoms with Crippen molar-refractivity contribution in [3.8, 4) is 0 Å². The molecule has 1 amide bonds. The van der Waals surface area contributed by atoms with Crippen LogP contribution in [0.5, 0.6) is 0 Å². The minimum absolute atomic E-state index is 0.143. The van der Waals surface area contributed by atoms with Crippen molar-refractivity contribution in [2.75, 3.05) is 13.1 Å². The van der Waals surface area contributed by atoms with Crippen LogP contribution in [0.15, 0.2) is 24.3 Å². The van der Waals surface area contributed by atoms with Gasteiger partial charge < -0.3 is 15.4 Å². The fourth-order valence-electron chi connectivity index (χ4n) is 2.60. The first-order chi connectivity index (χ1) is 9.76. The topological polar surface area (TPSA) is 55.6 Å². The lowest BCUT2D eigenvalue weighted by atomic mass is 9.86. The van der Waals surface area contributed by atoms with E-state index in [1.54, 1.807) is 17.0 Å². The largest absolute Gasteiger partial charge is 0.444 e. The van der Waals surface area contributed by atoms with Crippen molar-refractivity contribution in [3.63, 3.8) is 0 Å². The molecule has 4 nitrogen and oxygen atoms in total. The molecule has 0 radical (unpaired) electrons. The predicted octanol–water partition coefficient (Wildman–Crippen LogP) is 2.88. The van der Waals surface area contributed by atoms with Gasteiger partial charge in [-0.15, -0.1) is 0 Å². The second-order valence-electron chi connectivity index (χ2n) is 6.54. The Morgan fingerprint density at radius 3 is 2.48 bits per heavy atom. The summed E-state index contributed by atoms with van der Waals surface area (Å²) in [6, 6.07) is 6.26. The molecule has 0 unspecified atom stereocenters. The SMILES string of the molecule is CC(C)(C)OC(=O)N1CC[C@@H](c2ccc(F)cc2)[C@H](N)C1. The van der Waals surface area contributed by atoms with Crippen molar-refractivity contribution in [1.82, 2.24) is 4.90 Å². The van der Waals surface area contributed by atoms with Gasteiger partial charge in [-0.25, -0.2) is 9.18 Å². The van der Waals surface area contributed by atoms with Crippen molar-refractivity contribution in [3.05, 3.63) is 35.6 Å². The lowest BCUT2D eigenvalue weighted by Crippen LogP contribution is -2.50. The van der Waals surface area contributed by atoms with E-state index in [1.807, 2.05) is 20.8 Å². The maximum absolute atomic E-state index is 13.0. The summed E-state index contributed by atoms with van der Waals surface area (Å²) in [5.74, 6) is -0.109.